The highest BCUT2D eigenvalue weighted by atomic mass is 16.3. The Bertz CT molecular complexity index is 885. The fourth-order valence-electron chi connectivity index (χ4n) is 3.79. The summed E-state index contributed by atoms with van der Waals surface area (Å²) < 4.78 is 1.74. The Labute approximate surface area is 167 Å². The lowest BCUT2D eigenvalue weighted by atomic mass is 10.1. The highest BCUT2D eigenvalue weighted by Gasteiger charge is 2.28. The van der Waals surface area contributed by atoms with Crippen molar-refractivity contribution >= 4 is 24.1 Å². The van der Waals surface area contributed by atoms with Crippen LogP contribution in [0.4, 0.5) is 11.8 Å². The second kappa shape index (κ2) is 8.86. The number of hydrogen-bond donors (Lipinski definition) is 3. The number of β-amino-alcohol motifs (C(OH)–C–C–N with tert-alkyl or cyclic N) is 1. The lowest BCUT2D eigenvalue weighted by Crippen LogP contribution is -2.39. The predicted octanol–water partition coefficient (Wildman–Crippen LogP) is -0.466. The number of aromatic nitrogens is 4. The monoisotopic (exact) mass is 403 g/mol. The third-order valence-electron chi connectivity index (χ3n) is 5.11. The normalized spacial score (nSPS) is 18.5. The molecule has 11 nitrogen and oxygen atoms in total. The summed E-state index contributed by atoms with van der Waals surface area (Å²) in [4.78, 5) is 33.3. The van der Waals surface area contributed by atoms with Gasteiger partial charge in [-0.3, -0.25) is 14.3 Å². The number of aryl methyl sites for hydroxylation is 1. The lowest BCUT2D eigenvalue weighted by Gasteiger charge is -2.32. The highest BCUT2D eigenvalue weighted by molar-refractivity contribution is 5.92. The minimum Gasteiger partial charge on any atom is -0.483 e. The quantitative estimate of drug-likeness (QED) is 0.578. The first-order valence-corrected chi connectivity index (χ1v) is 9.38. The van der Waals surface area contributed by atoms with E-state index in [-0.39, 0.29) is 12.6 Å². The molecule has 156 valence electrons. The molecule has 0 aromatic carbocycles. The predicted molar refractivity (Wildman–Crippen MR) is 105 cm³/mol. The standard InChI is InChI=1S/C17H23N7O2.CH2O2/c1-22-13-5-8-24(10-12(13)15(21-22)16(18)26)17-19-6-4-14(20-17)23-7-2-3-11(25)9-23;2-1-3/h4,6,11,25H,2-3,5,7-10H2,1H3,(H2,18,26);1H,(H,2,3). The topological polar surface area (TPSA) is 151 Å². The van der Waals surface area contributed by atoms with Gasteiger partial charge in [-0.25, -0.2) is 4.98 Å². The zero-order valence-corrected chi connectivity index (χ0v) is 16.2. The van der Waals surface area contributed by atoms with Gasteiger partial charge in [0.05, 0.1) is 12.6 Å². The molecule has 4 N–H and O–H groups in total. The van der Waals surface area contributed by atoms with Crippen LogP contribution in [-0.2, 0) is 24.8 Å². The molecule has 0 aliphatic carbocycles. The van der Waals surface area contributed by atoms with Gasteiger partial charge in [0.1, 0.15) is 5.82 Å². The zero-order chi connectivity index (χ0) is 21.0. The number of primary amides is 1. The molecule has 0 bridgehead atoms. The first-order chi connectivity index (χ1) is 13.9. The van der Waals surface area contributed by atoms with Crippen LogP contribution in [0.5, 0.6) is 0 Å². The van der Waals surface area contributed by atoms with Gasteiger partial charge in [0.25, 0.3) is 12.4 Å². The van der Waals surface area contributed by atoms with Gasteiger partial charge in [-0.2, -0.15) is 10.1 Å². The first kappa shape index (κ1) is 20.5. The van der Waals surface area contributed by atoms with Gasteiger partial charge in [-0.15, -0.1) is 0 Å². The summed E-state index contributed by atoms with van der Waals surface area (Å²) in [6.45, 7) is 2.48. The third kappa shape index (κ3) is 4.45. The summed E-state index contributed by atoms with van der Waals surface area (Å²) in [6.07, 6.45) is 3.97. The molecule has 1 saturated heterocycles. The van der Waals surface area contributed by atoms with Crippen LogP contribution in [0.25, 0.3) is 0 Å². The van der Waals surface area contributed by atoms with Crippen LogP contribution in [-0.4, -0.2) is 68.1 Å². The van der Waals surface area contributed by atoms with Gasteiger partial charge >= 0.3 is 0 Å². The summed E-state index contributed by atoms with van der Waals surface area (Å²) in [5, 5.41) is 21.1. The fraction of sp³-hybridized carbons (Fsp3) is 0.500. The Kier molecular flexibility index (Phi) is 6.27. The lowest BCUT2D eigenvalue weighted by molar-refractivity contribution is -0.122. The van der Waals surface area contributed by atoms with Crippen molar-refractivity contribution < 1.29 is 19.8 Å². The van der Waals surface area contributed by atoms with Crippen LogP contribution in [0.3, 0.4) is 0 Å². The van der Waals surface area contributed by atoms with Crippen molar-refractivity contribution in [2.24, 2.45) is 12.8 Å². The number of nitrogens with two attached hydrogens (primary N) is 1. The van der Waals surface area contributed by atoms with Crippen molar-refractivity contribution in [3.8, 4) is 0 Å². The van der Waals surface area contributed by atoms with Crippen LogP contribution in [0, 0.1) is 0 Å². The van der Waals surface area contributed by atoms with Gasteiger partial charge < -0.3 is 25.7 Å². The van der Waals surface area contributed by atoms with E-state index in [1.807, 2.05) is 18.0 Å². The maximum atomic E-state index is 11.7. The Morgan fingerprint density at radius 3 is 2.79 bits per heavy atom. The van der Waals surface area contributed by atoms with E-state index in [1.54, 1.807) is 10.9 Å². The Balaban J connectivity index is 0.000000755. The van der Waals surface area contributed by atoms with E-state index in [0.717, 1.165) is 49.4 Å². The number of hydrogen-bond acceptors (Lipinski definition) is 8. The Morgan fingerprint density at radius 1 is 1.34 bits per heavy atom. The van der Waals surface area contributed by atoms with Crippen LogP contribution in [0.15, 0.2) is 12.3 Å². The van der Waals surface area contributed by atoms with Crippen molar-refractivity contribution in [3.63, 3.8) is 0 Å². The number of carboxylic acid groups (broad SMARTS) is 1. The number of carbonyl (C=O) groups excluding carboxylic acids is 1. The summed E-state index contributed by atoms with van der Waals surface area (Å²) in [5.74, 6) is 0.925. The van der Waals surface area contributed by atoms with E-state index in [0.29, 0.717) is 24.7 Å². The maximum Gasteiger partial charge on any atom is 0.290 e. The minimum atomic E-state index is -0.513. The average molecular weight is 403 g/mol. The molecular weight excluding hydrogens is 378 g/mol. The number of amides is 1. The number of nitrogens with zero attached hydrogens (tertiary/aromatic N) is 6. The molecule has 29 heavy (non-hydrogen) atoms. The molecule has 4 rings (SSSR count). The average Bonchev–Trinajstić information content (AvgIpc) is 3.05. The smallest absolute Gasteiger partial charge is 0.290 e. The molecule has 0 spiro atoms. The van der Waals surface area contributed by atoms with Crippen LogP contribution in [0.1, 0.15) is 34.6 Å². The van der Waals surface area contributed by atoms with Crippen LogP contribution in [0.2, 0.25) is 0 Å². The van der Waals surface area contributed by atoms with Gasteiger partial charge in [0.2, 0.25) is 5.95 Å². The molecule has 0 radical (unpaired) electrons. The molecule has 1 atom stereocenters. The molecule has 2 aliphatic heterocycles. The number of aliphatic hydroxyl groups is 1. The van der Waals surface area contributed by atoms with Gasteiger partial charge in [0.15, 0.2) is 5.69 Å². The van der Waals surface area contributed by atoms with Gasteiger partial charge in [-0.05, 0) is 18.9 Å². The molecule has 1 amide bonds. The molecule has 0 saturated carbocycles. The first-order valence-electron chi connectivity index (χ1n) is 9.38. The SMILES string of the molecule is Cn1nc(C(N)=O)c2c1CCN(c1nccc(N3CCCC(O)C3)n1)C2.O=CO. The van der Waals surface area contributed by atoms with E-state index in [9.17, 15) is 9.90 Å². The van der Waals surface area contributed by atoms with Crippen molar-refractivity contribution in [3.05, 3.63) is 29.2 Å². The van der Waals surface area contributed by atoms with E-state index >= 15 is 0 Å². The van der Waals surface area contributed by atoms with Crippen LogP contribution >= 0.6 is 0 Å². The molecule has 4 heterocycles. The van der Waals surface area contributed by atoms with E-state index in [2.05, 4.69) is 15.0 Å². The van der Waals surface area contributed by atoms with Crippen molar-refractivity contribution in [1.82, 2.24) is 19.7 Å². The number of rotatable bonds is 3. The molecule has 1 fully saturated rings. The number of anilines is 2. The van der Waals surface area contributed by atoms with E-state index < -0.39 is 5.91 Å². The van der Waals surface area contributed by atoms with Gasteiger partial charge in [0, 0.05) is 50.6 Å². The van der Waals surface area contributed by atoms with Crippen molar-refractivity contribution in [2.45, 2.75) is 31.9 Å². The number of carbonyl (C=O) groups is 2. The summed E-state index contributed by atoms with van der Waals surface area (Å²) in [7, 11) is 1.83. The fourth-order valence-corrected chi connectivity index (χ4v) is 3.79. The Hall–Kier alpha value is -3.21. The van der Waals surface area contributed by atoms with E-state index in [1.165, 1.54) is 0 Å². The largest absolute Gasteiger partial charge is 0.483 e. The van der Waals surface area contributed by atoms with Gasteiger partial charge in [-0.1, -0.05) is 0 Å². The zero-order valence-electron chi connectivity index (χ0n) is 16.2. The third-order valence-corrected chi connectivity index (χ3v) is 5.11. The van der Waals surface area contributed by atoms with Crippen molar-refractivity contribution in [1.29, 1.82) is 0 Å². The second-order valence-corrected chi connectivity index (χ2v) is 7.00. The molecule has 11 heteroatoms. The molecule has 1 unspecified atom stereocenters. The summed E-state index contributed by atoms with van der Waals surface area (Å²) in [6, 6.07) is 1.87. The number of piperidine rings is 1. The number of fused-ring (bicyclic) bond motifs is 1. The van der Waals surface area contributed by atoms with Crippen LogP contribution < -0.4 is 15.5 Å². The highest BCUT2D eigenvalue weighted by Crippen LogP contribution is 2.26. The van der Waals surface area contributed by atoms with E-state index in [4.69, 9.17) is 20.6 Å². The minimum absolute atomic E-state index is 0.250. The Morgan fingerprint density at radius 2 is 2.10 bits per heavy atom. The number of aliphatic hydroxyl groups excluding tert-OH is 1. The van der Waals surface area contributed by atoms with Crippen molar-refractivity contribution in [2.75, 3.05) is 29.4 Å². The molecule has 2 aromatic rings. The molecule has 2 aromatic heterocycles. The summed E-state index contributed by atoms with van der Waals surface area (Å²) >= 11 is 0. The molecule has 2 aliphatic rings. The second-order valence-electron chi connectivity index (χ2n) is 7.00. The summed E-state index contributed by atoms with van der Waals surface area (Å²) in [5.41, 5.74) is 7.68. The molecular formula is C18H25N7O4. The maximum absolute atomic E-state index is 11.7.